The van der Waals surface area contributed by atoms with Crippen molar-refractivity contribution in [3.8, 4) is 0 Å². The lowest BCUT2D eigenvalue weighted by atomic mass is 9.96. The molecule has 0 bridgehead atoms. The topological polar surface area (TPSA) is 49.3 Å². The highest BCUT2D eigenvalue weighted by atomic mass is 32.1. The van der Waals surface area contributed by atoms with Crippen molar-refractivity contribution in [3.05, 3.63) is 58.2 Å². The summed E-state index contributed by atoms with van der Waals surface area (Å²) < 4.78 is 0. The molecule has 146 valence electrons. The third kappa shape index (κ3) is 4.23. The number of fused-ring (bicyclic) bond motifs is 1. The number of rotatable bonds is 4. The fraction of sp³-hybridized carbons (Fsp3) is 0.409. The SMILES string of the molecule is CC(=O)N1CCN(Cc2scnc2C)CC(Cc2cccc3cccnc23)C1. The van der Waals surface area contributed by atoms with Gasteiger partial charge in [-0.15, -0.1) is 11.3 Å². The Morgan fingerprint density at radius 1 is 1.18 bits per heavy atom. The lowest BCUT2D eigenvalue weighted by Gasteiger charge is -2.24. The summed E-state index contributed by atoms with van der Waals surface area (Å²) in [6.07, 6.45) is 2.79. The molecule has 2 aromatic heterocycles. The summed E-state index contributed by atoms with van der Waals surface area (Å²) in [5.74, 6) is 0.545. The Balaban J connectivity index is 1.57. The smallest absolute Gasteiger partial charge is 0.219 e. The summed E-state index contributed by atoms with van der Waals surface area (Å²) in [6, 6.07) is 10.5. The molecule has 1 aliphatic heterocycles. The molecular weight excluding hydrogens is 368 g/mol. The number of carbonyl (C=O) groups excluding carboxylic acids is 1. The highest BCUT2D eigenvalue weighted by Gasteiger charge is 2.25. The summed E-state index contributed by atoms with van der Waals surface area (Å²) in [5.41, 5.74) is 5.38. The number of benzene rings is 1. The number of carbonyl (C=O) groups is 1. The molecule has 1 amide bonds. The zero-order chi connectivity index (χ0) is 19.5. The van der Waals surface area contributed by atoms with Gasteiger partial charge in [-0.2, -0.15) is 0 Å². The van der Waals surface area contributed by atoms with E-state index in [0.717, 1.165) is 50.4 Å². The van der Waals surface area contributed by atoms with Crippen molar-refractivity contribution >= 4 is 28.1 Å². The number of pyridine rings is 1. The second kappa shape index (κ2) is 8.37. The van der Waals surface area contributed by atoms with Gasteiger partial charge in [0.15, 0.2) is 0 Å². The Hall–Kier alpha value is -2.31. The van der Waals surface area contributed by atoms with Crippen LogP contribution in [0.5, 0.6) is 0 Å². The number of hydrogen-bond donors (Lipinski definition) is 0. The van der Waals surface area contributed by atoms with Crippen molar-refractivity contribution in [1.29, 1.82) is 0 Å². The van der Waals surface area contributed by atoms with Crippen LogP contribution in [-0.4, -0.2) is 51.9 Å². The molecule has 1 saturated heterocycles. The van der Waals surface area contributed by atoms with Crippen molar-refractivity contribution in [2.75, 3.05) is 26.2 Å². The standard InChI is InChI=1S/C22H26N4OS/c1-16-21(28-15-24-16)14-25-9-10-26(17(2)27)13-18(12-25)11-20-6-3-5-19-7-4-8-23-22(19)20/h3-8,15,18H,9-14H2,1-2H3. The quantitative estimate of drug-likeness (QED) is 0.679. The largest absolute Gasteiger partial charge is 0.341 e. The summed E-state index contributed by atoms with van der Waals surface area (Å²) in [4.78, 5) is 26.9. The molecule has 1 unspecified atom stereocenters. The van der Waals surface area contributed by atoms with Gasteiger partial charge in [-0.25, -0.2) is 4.98 Å². The van der Waals surface area contributed by atoms with Gasteiger partial charge >= 0.3 is 0 Å². The van der Waals surface area contributed by atoms with E-state index in [9.17, 15) is 4.79 Å². The van der Waals surface area contributed by atoms with Gasteiger partial charge in [-0.05, 0) is 30.9 Å². The maximum atomic E-state index is 12.1. The van der Waals surface area contributed by atoms with Crippen molar-refractivity contribution in [2.45, 2.75) is 26.8 Å². The highest BCUT2D eigenvalue weighted by molar-refractivity contribution is 7.09. The molecule has 0 spiro atoms. The second-order valence-corrected chi connectivity index (χ2v) is 8.56. The van der Waals surface area contributed by atoms with Crippen molar-refractivity contribution in [3.63, 3.8) is 0 Å². The van der Waals surface area contributed by atoms with Gasteiger partial charge in [0, 0.05) is 56.1 Å². The number of amides is 1. The maximum Gasteiger partial charge on any atom is 0.219 e. The minimum atomic E-state index is 0.164. The van der Waals surface area contributed by atoms with Crippen LogP contribution in [-0.2, 0) is 17.8 Å². The van der Waals surface area contributed by atoms with Crippen molar-refractivity contribution in [1.82, 2.24) is 19.8 Å². The number of aromatic nitrogens is 2. The molecule has 28 heavy (non-hydrogen) atoms. The number of aryl methyl sites for hydroxylation is 1. The van der Waals surface area contributed by atoms with Crippen LogP contribution in [0.4, 0.5) is 0 Å². The van der Waals surface area contributed by atoms with Gasteiger partial charge in [-0.1, -0.05) is 24.3 Å². The first kappa shape index (κ1) is 19.0. The predicted octanol–water partition coefficient (Wildman–Crippen LogP) is 3.52. The van der Waals surface area contributed by atoms with E-state index in [1.165, 1.54) is 15.8 Å². The molecule has 6 heteroatoms. The van der Waals surface area contributed by atoms with Crippen LogP contribution in [0.2, 0.25) is 0 Å². The third-order valence-corrected chi connectivity index (χ3v) is 6.48. The first-order valence-corrected chi connectivity index (χ1v) is 10.7. The fourth-order valence-electron chi connectivity index (χ4n) is 4.06. The van der Waals surface area contributed by atoms with Gasteiger partial charge in [-0.3, -0.25) is 14.7 Å². The monoisotopic (exact) mass is 394 g/mol. The number of para-hydroxylation sites is 1. The van der Waals surface area contributed by atoms with E-state index in [2.05, 4.69) is 46.1 Å². The van der Waals surface area contributed by atoms with E-state index in [-0.39, 0.29) is 5.91 Å². The molecule has 5 nitrogen and oxygen atoms in total. The Bertz CT molecular complexity index is 965. The molecule has 1 aliphatic rings. The fourth-order valence-corrected chi connectivity index (χ4v) is 4.88. The minimum Gasteiger partial charge on any atom is -0.341 e. The molecule has 4 rings (SSSR count). The lowest BCUT2D eigenvalue weighted by Crippen LogP contribution is -2.34. The van der Waals surface area contributed by atoms with Crippen LogP contribution >= 0.6 is 11.3 Å². The number of thiazole rings is 1. The first-order chi connectivity index (χ1) is 13.6. The van der Waals surface area contributed by atoms with Gasteiger partial charge in [0.2, 0.25) is 5.91 Å². The molecule has 3 heterocycles. The average Bonchev–Trinajstić information content (AvgIpc) is 2.97. The average molecular weight is 395 g/mol. The molecule has 0 radical (unpaired) electrons. The molecule has 0 saturated carbocycles. The highest BCUT2D eigenvalue weighted by Crippen LogP contribution is 2.23. The van der Waals surface area contributed by atoms with Crippen molar-refractivity contribution in [2.24, 2.45) is 5.92 Å². The van der Waals surface area contributed by atoms with Crippen LogP contribution < -0.4 is 0 Å². The first-order valence-electron chi connectivity index (χ1n) is 9.79. The Morgan fingerprint density at radius 2 is 2.04 bits per heavy atom. The normalized spacial score (nSPS) is 18.4. The van der Waals surface area contributed by atoms with Gasteiger partial charge in [0.25, 0.3) is 0 Å². The van der Waals surface area contributed by atoms with Crippen LogP contribution in [0.3, 0.4) is 0 Å². The van der Waals surface area contributed by atoms with E-state index in [1.54, 1.807) is 18.3 Å². The van der Waals surface area contributed by atoms with Crippen LogP contribution in [0.15, 0.2) is 42.0 Å². The Labute approximate surface area is 170 Å². The van der Waals surface area contributed by atoms with Gasteiger partial charge < -0.3 is 4.90 Å². The van der Waals surface area contributed by atoms with Gasteiger partial charge in [0.1, 0.15) is 0 Å². The lowest BCUT2D eigenvalue weighted by molar-refractivity contribution is -0.129. The summed E-state index contributed by atoms with van der Waals surface area (Å²) in [7, 11) is 0. The zero-order valence-electron chi connectivity index (χ0n) is 16.5. The van der Waals surface area contributed by atoms with Gasteiger partial charge in [0.05, 0.1) is 16.7 Å². The minimum absolute atomic E-state index is 0.164. The Morgan fingerprint density at radius 3 is 2.82 bits per heavy atom. The molecule has 0 aliphatic carbocycles. The maximum absolute atomic E-state index is 12.1. The second-order valence-electron chi connectivity index (χ2n) is 7.62. The predicted molar refractivity (Wildman–Crippen MR) is 113 cm³/mol. The van der Waals surface area contributed by atoms with Crippen LogP contribution in [0, 0.1) is 12.8 Å². The summed E-state index contributed by atoms with van der Waals surface area (Å²) >= 11 is 1.72. The third-order valence-electron chi connectivity index (χ3n) is 5.56. The molecule has 3 aromatic rings. The molecular formula is C22H26N4OS. The molecule has 1 aromatic carbocycles. The van der Waals surface area contributed by atoms with Crippen LogP contribution in [0.25, 0.3) is 10.9 Å². The number of hydrogen-bond acceptors (Lipinski definition) is 5. The van der Waals surface area contributed by atoms with E-state index < -0.39 is 0 Å². The van der Waals surface area contributed by atoms with E-state index in [0.29, 0.717) is 5.92 Å². The summed E-state index contributed by atoms with van der Waals surface area (Å²) in [6.45, 7) is 8.14. The van der Waals surface area contributed by atoms with Crippen molar-refractivity contribution < 1.29 is 4.79 Å². The molecule has 1 fully saturated rings. The Kier molecular flexibility index (Phi) is 5.69. The van der Waals surface area contributed by atoms with E-state index in [4.69, 9.17) is 0 Å². The molecule has 0 N–H and O–H groups in total. The van der Waals surface area contributed by atoms with E-state index in [1.807, 2.05) is 22.7 Å². The van der Waals surface area contributed by atoms with E-state index >= 15 is 0 Å². The summed E-state index contributed by atoms with van der Waals surface area (Å²) in [5, 5.41) is 1.18. The molecule has 1 atom stereocenters. The van der Waals surface area contributed by atoms with Crippen LogP contribution in [0.1, 0.15) is 23.1 Å². The number of nitrogens with zero attached hydrogens (tertiary/aromatic N) is 4. The zero-order valence-corrected chi connectivity index (χ0v) is 17.3.